The Morgan fingerprint density at radius 1 is 1.33 bits per heavy atom. The number of nitrogens with zero attached hydrogens (tertiary/aromatic N) is 4. The van der Waals surface area contributed by atoms with Gasteiger partial charge in [0, 0.05) is 33.2 Å². The molecular formula is C18H28IN7O3S. The monoisotopic (exact) mass is 549 g/mol. The maximum absolute atomic E-state index is 11.8. The number of sulfonamides is 1. The van der Waals surface area contributed by atoms with Crippen molar-refractivity contribution >= 4 is 40.0 Å². The lowest BCUT2D eigenvalue weighted by Gasteiger charge is -2.25. The van der Waals surface area contributed by atoms with Crippen LogP contribution in [0.15, 0.2) is 34.2 Å². The summed E-state index contributed by atoms with van der Waals surface area (Å²) in [7, 11) is 1.32. The third-order valence-corrected chi connectivity index (χ3v) is 6.13. The average molecular weight is 549 g/mol. The molecule has 0 fully saturated rings. The number of benzene rings is 1. The van der Waals surface area contributed by atoms with E-state index in [0.29, 0.717) is 31.5 Å². The molecule has 1 unspecified atom stereocenters. The van der Waals surface area contributed by atoms with Crippen LogP contribution in [-0.2, 0) is 40.9 Å². The van der Waals surface area contributed by atoms with Crippen molar-refractivity contribution in [3.63, 3.8) is 0 Å². The number of nitrogens with one attached hydrogen (secondary N) is 3. The first-order valence-corrected chi connectivity index (χ1v) is 10.8. The van der Waals surface area contributed by atoms with Crippen LogP contribution in [0.3, 0.4) is 0 Å². The number of hydrogen-bond donors (Lipinski definition) is 3. The zero-order valence-electron chi connectivity index (χ0n) is 17.3. The lowest BCUT2D eigenvalue weighted by molar-refractivity contribution is 0.177. The lowest BCUT2D eigenvalue weighted by atomic mass is 10.1. The molecule has 0 spiro atoms. The largest absolute Gasteiger partial charge is 0.377 e. The smallest absolute Gasteiger partial charge is 0.240 e. The van der Waals surface area contributed by atoms with Gasteiger partial charge in [-0.25, -0.2) is 22.8 Å². The van der Waals surface area contributed by atoms with E-state index < -0.39 is 10.0 Å². The zero-order chi connectivity index (χ0) is 20.9. The number of guanidine groups is 1. The molecule has 2 heterocycles. The van der Waals surface area contributed by atoms with Gasteiger partial charge in [-0.3, -0.25) is 4.99 Å². The molecule has 1 aliphatic rings. The van der Waals surface area contributed by atoms with Gasteiger partial charge >= 0.3 is 0 Å². The Kier molecular flexibility index (Phi) is 9.00. The van der Waals surface area contributed by atoms with E-state index in [4.69, 9.17) is 4.74 Å². The zero-order valence-corrected chi connectivity index (χ0v) is 20.4. The third kappa shape index (κ3) is 6.12. The van der Waals surface area contributed by atoms with Crippen molar-refractivity contribution < 1.29 is 13.2 Å². The van der Waals surface area contributed by atoms with Gasteiger partial charge in [-0.05, 0) is 31.2 Å². The van der Waals surface area contributed by atoms with Crippen molar-refractivity contribution in [2.75, 3.05) is 21.2 Å². The number of rotatable bonds is 7. The van der Waals surface area contributed by atoms with Crippen molar-refractivity contribution in [1.29, 1.82) is 0 Å². The first-order valence-electron chi connectivity index (χ1n) is 9.36. The summed E-state index contributed by atoms with van der Waals surface area (Å²) in [5.41, 5.74) is 0.953. The Bertz CT molecular complexity index is 961. The molecular weight excluding hydrogens is 521 g/mol. The number of aryl methyl sites for hydroxylation is 1. The number of methoxy groups -OCH3 is 1. The molecule has 0 saturated heterocycles. The van der Waals surface area contributed by atoms with Crippen LogP contribution in [0.1, 0.15) is 23.6 Å². The van der Waals surface area contributed by atoms with E-state index >= 15 is 0 Å². The van der Waals surface area contributed by atoms with Crippen molar-refractivity contribution in [1.82, 2.24) is 30.1 Å². The summed E-state index contributed by atoms with van der Waals surface area (Å²) in [6.07, 6.45) is 1.77. The summed E-state index contributed by atoms with van der Waals surface area (Å²) in [4.78, 5) is 9.01. The van der Waals surface area contributed by atoms with E-state index in [1.807, 2.05) is 4.68 Å². The molecule has 0 radical (unpaired) electrons. The van der Waals surface area contributed by atoms with Gasteiger partial charge < -0.3 is 15.4 Å². The summed E-state index contributed by atoms with van der Waals surface area (Å²) in [5.74, 6) is 2.37. The molecule has 1 aromatic heterocycles. The Hall–Kier alpha value is -1.77. The van der Waals surface area contributed by atoms with E-state index in [-0.39, 0.29) is 34.9 Å². The average Bonchev–Trinajstić information content (AvgIpc) is 3.13. The van der Waals surface area contributed by atoms with Gasteiger partial charge in [0.05, 0.1) is 11.4 Å². The highest BCUT2D eigenvalue weighted by Gasteiger charge is 2.22. The van der Waals surface area contributed by atoms with Crippen molar-refractivity contribution in [3.05, 3.63) is 41.5 Å². The summed E-state index contributed by atoms with van der Waals surface area (Å²) in [6, 6.07) is 6.93. The van der Waals surface area contributed by atoms with Crippen LogP contribution >= 0.6 is 24.0 Å². The van der Waals surface area contributed by atoms with Gasteiger partial charge in [0.25, 0.3) is 0 Å². The van der Waals surface area contributed by atoms with Crippen LogP contribution in [0.5, 0.6) is 0 Å². The van der Waals surface area contributed by atoms with Crippen molar-refractivity contribution in [3.8, 4) is 0 Å². The minimum absolute atomic E-state index is 0. The highest BCUT2D eigenvalue weighted by atomic mass is 127. The normalized spacial score (nSPS) is 16.5. The molecule has 3 rings (SSSR count). The molecule has 0 amide bonds. The molecule has 0 aliphatic carbocycles. The number of aromatic nitrogens is 3. The fraction of sp³-hybridized carbons (Fsp3) is 0.500. The number of hydrogen-bond acceptors (Lipinski definition) is 6. The topological polar surface area (TPSA) is 123 Å². The van der Waals surface area contributed by atoms with Crippen molar-refractivity contribution in [2.45, 2.75) is 43.5 Å². The van der Waals surface area contributed by atoms with Crippen LogP contribution in [-0.4, -0.2) is 56.4 Å². The number of fused-ring (bicyclic) bond motifs is 1. The van der Waals surface area contributed by atoms with Gasteiger partial charge in [0.2, 0.25) is 10.0 Å². The van der Waals surface area contributed by atoms with Crippen LogP contribution in [0.4, 0.5) is 0 Å². The number of aliphatic imine (C=N–C) groups is 1. The van der Waals surface area contributed by atoms with Crippen LogP contribution in [0.2, 0.25) is 0 Å². The maximum atomic E-state index is 11.8. The molecule has 2 aromatic rings. The highest BCUT2D eigenvalue weighted by molar-refractivity contribution is 14.0. The van der Waals surface area contributed by atoms with E-state index in [1.165, 1.54) is 7.05 Å². The molecule has 1 atom stereocenters. The molecule has 166 valence electrons. The van der Waals surface area contributed by atoms with Gasteiger partial charge in [-0.1, -0.05) is 12.1 Å². The summed E-state index contributed by atoms with van der Waals surface area (Å²) < 4.78 is 32.9. The van der Waals surface area contributed by atoms with Crippen LogP contribution < -0.4 is 15.4 Å². The summed E-state index contributed by atoms with van der Waals surface area (Å²) >= 11 is 0. The molecule has 1 aliphatic heterocycles. The van der Waals surface area contributed by atoms with E-state index in [0.717, 1.165) is 24.2 Å². The third-order valence-electron chi connectivity index (χ3n) is 4.70. The fourth-order valence-electron chi connectivity index (χ4n) is 3.15. The van der Waals surface area contributed by atoms with Crippen molar-refractivity contribution in [2.24, 2.45) is 4.99 Å². The molecule has 10 nitrogen and oxygen atoms in total. The molecule has 3 N–H and O–H groups in total. The van der Waals surface area contributed by atoms with Gasteiger partial charge in [0.1, 0.15) is 12.4 Å². The van der Waals surface area contributed by atoms with E-state index in [2.05, 4.69) is 30.4 Å². The standard InChI is InChI=1S/C18H27N7O3S.HI/c1-19-18(21-10-13-4-7-15(8-5-13)29(26,27)20-2)22-14-6-9-17-23-16(12-28-3)24-25(17)11-14;/h4-5,7-8,14,20H,6,9-12H2,1-3H3,(H2,19,21,22);1H. The fourth-order valence-corrected chi connectivity index (χ4v) is 3.88. The summed E-state index contributed by atoms with van der Waals surface area (Å²) in [5, 5.41) is 11.2. The van der Waals surface area contributed by atoms with Gasteiger partial charge in [-0.2, -0.15) is 5.10 Å². The Labute approximate surface area is 194 Å². The second kappa shape index (κ2) is 11.0. The van der Waals surface area contributed by atoms with Crippen LogP contribution in [0, 0.1) is 0 Å². The lowest BCUT2D eigenvalue weighted by Crippen LogP contribution is -2.46. The molecule has 1 aromatic carbocycles. The predicted octanol–water partition coefficient (Wildman–Crippen LogP) is 0.631. The first kappa shape index (κ1) is 24.5. The Morgan fingerprint density at radius 3 is 2.70 bits per heavy atom. The van der Waals surface area contributed by atoms with E-state index in [1.54, 1.807) is 38.4 Å². The molecule has 12 heteroatoms. The minimum Gasteiger partial charge on any atom is -0.377 e. The molecule has 0 saturated carbocycles. The number of ether oxygens (including phenoxy) is 1. The molecule has 30 heavy (non-hydrogen) atoms. The quantitative estimate of drug-likeness (QED) is 0.263. The predicted molar refractivity (Wildman–Crippen MR) is 124 cm³/mol. The SMILES string of the molecule is CN=C(NCc1ccc(S(=O)(=O)NC)cc1)NC1CCc2nc(COC)nn2C1.I. The van der Waals surface area contributed by atoms with E-state index in [9.17, 15) is 8.42 Å². The van der Waals surface area contributed by atoms with Gasteiger partial charge in [0.15, 0.2) is 11.8 Å². The second-order valence-corrected chi connectivity index (χ2v) is 8.60. The Morgan fingerprint density at radius 2 is 2.07 bits per heavy atom. The summed E-state index contributed by atoms with van der Waals surface area (Å²) in [6.45, 7) is 1.65. The highest BCUT2D eigenvalue weighted by Crippen LogP contribution is 2.14. The molecule has 0 bridgehead atoms. The van der Waals surface area contributed by atoms with Crippen LogP contribution in [0.25, 0.3) is 0 Å². The minimum atomic E-state index is -3.42. The number of halogens is 1. The second-order valence-electron chi connectivity index (χ2n) is 6.72. The Balaban J connectivity index is 0.00000320. The first-order chi connectivity index (χ1) is 13.9. The maximum Gasteiger partial charge on any atom is 0.240 e. The van der Waals surface area contributed by atoms with Gasteiger partial charge in [-0.15, -0.1) is 24.0 Å².